The van der Waals surface area contributed by atoms with Crippen molar-refractivity contribution in [2.45, 2.75) is 52.6 Å². The molecule has 5 heteroatoms. The predicted octanol–water partition coefficient (Wildman–Crippen LogP) is 4.90. The Hall–Kier alpha value is -2.95. The van der Waals surface area contributed by atoms with Gasteiger partial charge in [-0.05, 0) is 59.7 Å². The average Bonchev–Trinajstić information content (AvgIpc) is 3.11. The summed E-state index contributed by atoms with van der Waals surface area (Å²) in [5, 5.41) is 7.52. The van der Waals surface area contributed by atoms with Crippen molar-refractivity contribution in [3.63, 3.8) is 0 Å². The molecule has 0 aliphatic heterocycles. The van der Waals surface area contributed by atoms with E-state index >= 15 is 0 Å². The van der Waals surface area contributed by atoms with Gasteiger partial charge in [-0.2, -0.15) is 5.10 Å². The summed E-state index contributed by atoms with van der Waals surface area (Å²) in [4.78, 5) is 17.7. The first-order valence-corrected chi connectivity index (χ1v) is 9.49. The first kappa shape index (κ1) is 19.8. The molecule has 0 fully saturated rings. The van der Waals surface area contributed by atoms with Crippen molar-refractivity contribution >= 4 is 5.91 Å². The molecule has 0 bridgehead atoms. The summed E-state index contributed by atoms with van der Waals surface area (Å²) in [6.07, 6.45) is 1.77. The normalized spacial score (nSPS) is 12.1. The summed E-state index contributed by atoms with van der Waals surface area (Å²) < 4.78 is 1.94. The molecule has 0 saturated carbocycles. The SMILES string of the molecule is CC(C)(C)NC(=O)c1cc(-c2ccccc2)nc(-c2ccnn2C(C)(C)C)c1. The van der Waals surface area contributed by atoms with Gasteiger partial charge in [0.05, 0.1) is 22.6 Å². The zero-order chi connectivity index (χ0) is 20.5. The average molecular weight is 377 g/mol. The van der Waals surface area contributed by atoms with E-state index in [9.17, 15) is 4.79 Å². The van der Waals surface area contributed by atoms with Crippen LogP contribution in [0.25, 0.3) is 22.6 Å². The number of carbonyl (C=O) groups excluding carboxylic acids is 1. The van der Waals surface area contributed by atoms with Gasteiger partial charge in [0.15, 0.2) is 0 Å². The summed E-state index contributed by atoms with van der Waals surface area (Å²) >= 11 is 0. The molecule has 0 spiro atoms. The monoisotopic (exact) mass is 376 g/mol. The van der Waals surface area contributed by atoms with Gasteiger partial charge in [-0.25, -0.2) is 4.98 Å². The second-order valence-corrected chi connectivity index (χ2v) is 9.00. The maximum absolute atomic E-state index is 12.9. The van der Waals surface area contributed by atoms with E-state index in [1.165, 1.54) is 0 Å². The number of aromatic nitrogens is 3. The van der Waals surface area contributed by atoms with Gasteiger partial charge in [0.2, 0.25) is 0 Å². The van der Waals surface area contributed by atoms with Gasteiger partial charge < -0.3 is 5.32 Å². The minimum absolute atomic E-state index is 0.116. The molecule has 5 nitrogen and oxygen atoms in total. The summed E-state index contributed by atoms with van der Waals surface area (Å²) in [6, 6.07) is 15.5. The Morgan fingerprint density at radius 1 is 0.929 bits per heavy atom. The Labute approximate surface area is 166 Å². The lowest BCUT2D eigenvalue weighted by atomic mass is 10.0. The Kier molecular flexibility index (Phi) is 5.11. The van der Waals surface area contributed by atoms with Crippen LogP contribution in [0, 0.1) is 0 Å². The second-order valence-electron chi connectivity index (χ2n) is 9.00. The van der Waals surface area contributed by atoms with E-state index < -0.39 is 0 Å². The number of amides is 1. The van der Waals surface area contributed by atoms with Crippen LogP contribution in [0.4, 0.5) is 0 Å². The van der Waals surface area contributed by atoms with Crippen molar-refractivity contribution in [1.29, 1.82) is 0 Å². The zero-order valence-electron chi connectivity index (χ0n) is 17.4. The highest BCUT2D eigenvalue weighted by Crippen LogP contribution is 2.28. The van der Waals surface area contributed by atoms with Crippen molar-refractivity contribution in [2.75, 3.05) is 0 Å². The van der Waals surface area contributed by atoms with E-state index in [1.807, 2.05) is 74.0 Å². The van der Waals surface area contributed by atoms with Crippen molar-refractivity contribution in [3.8, 4) is 22.6 Å². The number of nitrogens with one attached hydrogen (secondary N) is 1. The maximum Gasteiger partial charge on any atom is 0.251 e. The van der Waals surface area contributed by atoms with Gasteiger partial charge in [0.1, 0.15) is 0 Å². The second kappa shape index (κ2) is 7.23. The lowest BCUT2D eigenvalue weighted by Gasteiger charge is -2.23. The van der Waals surface area contributed by atoms with E-state index in [1.54, 1.807) is 6.20 Å². The minimum atomic E-state index is -0.319. The molecule has 0 aliphatic carbocycles. The van der Waals surface area contributed by atoms with Crippen LogP contribution >= 0.6 is 0 Å². The molecule has 2 aromatic heterocycles. The number of pyridine rings is 1. The zero-order valence-corrected chi connectivity index (χ0v) is 17.4. The van der Waals surface area contributed by atoms with Gasteiger partial charge in [0, 0.05) is 22.9 Å². The van der Waals surface area contributed by atoms with Crippen LogP contribution in [-0.4, -0.2) is 26.2 Å². The van der Waals surface area contributed by atoms with Gasteiger partial charge in [-0.1, -0.05) is 30.3 Å². The van der Waals surface area contributed by atoms with E-state index in [-0.39, 0.29) is 17.0 Å². The predicted molar refractivity (Wildman–Crippen MR) is 113 cm³/mol. The summed E-state index contributed by atoms with van der Waals surface area (Å²) in [6.45, 7) is 12.2. The standard InChI is InChI=1S/C23H28N4O/c1-22(2,3)26-21(28)17-14-18(16-10-8-7-9-11-16)25-19(15-17)20-12-13-24-27(20)23(4,5)6/h7-15H,1-6H3,(H,26,28). The number of carbonyl (C=O) groups is 1. The van der Waals surface area contributed by atoms with Crippen LogP contribution in [0.5, 0.6) is 0 Å². The van der Waals surface area contributed by atoms with Crippen LogP contribution < -0.4 is 5.32 Å². The first-order chi connectivity index (χ1) is 13.0. The first-order valence-electron chi connectivity index (χ1n) is 9.49. The lowest BCUT2D eigenvalue weighted by molar-refractivity contribution is 0.0919. The van der Waals surface area contributed by atoms with Crippen LogP contribution in [0.3, 0.4) is 0 Å². The number of hydrogen-bond acceptors (Lipinski definition) is 3. The molecule has 2 heterocycles. The van der Waals surface area contributed by atoms with Crippen molar-refractivity contribution < 1.29 is 4.79 Å². The smallest absolute Gasteiger partial charge is 0.251 e. The molecule has 0 aliphatic rings. The van der Waals surface area contributed by atoms with Crippen LogP contribution in [0.2, 0.25) is 0 Å². The number of rotatable bonds is 3. The highest BCUT2D eigenvalue weighted by Gasteiger charge is 2.22. The van der Waals surface area contributed by atoms with Gasteiger partial charge >= 0.3 is 0 Å². The fourth-order valence-electron chi connectivity index (χ4n) is 2.99. The molecule has 1 amide bonds. The fraction of sp³-hybridized carbons (Fsp3) is 0.348. The van der Waals surface area contributed by atoms with Crippen LogP contribution in [-0.2, 0) is 5.54 Å². The third-order valence-electron chi connectivity index (χ3n) is 4.19. The third-order valence-corrected chi connectivity index (χ3v) is 4.19. The molecule has 0 radical (unpaired) electrons. The Bertz CT molecular complexity index is 976. The Balaban J connectivity index is 2.17. The number of hydrogen-bond donors (Lipinski definition) is 1. The molecular weight excluding hydrogens is 348 g/mol. The van der Waals surface area contributed by atoms with Crippen molar-refractivity contribution in [3.05, 3.63) is 60.3 Å². The van der Waals surface area contributed by atoms with Gasteiger partial charge in [0.25, 0.3) is 5.91 Å². The highest BCUT2D eigenvalue weighted by atomic mass is 16.1. The molecule has 1 N–H and O–H groups in total. The molecule has 3 aromatic rings. The fourth-order valence-corrected chi connectivity index (χ4v) is 2.99. The van der Waals surface area contributed by atoms with Crippen molar-refractivity contribution in [1.82, 2.24) is 20.1 Å². The number of nitrogens with zero attached hydrogens (tertiary/aromatic N) is 3. The van der Waals surface area contributed by atoms with Crippen LogP contribution in [0.15, 0.2) is 54.7 Å². The number of benzene rings is 1. The summed E-state index contributed by atoms with van der Waals surface area (Å²) in [5.41, 5.74) is 3.41. The van der Waals surface area contributed by atoms with Crippen LogP contribution in [0.1, 0.15) is 51.9 Å². The molecule has 0 unspecified atom stereocenters. The molecule has 0 atom stereocenters. The summed E-state index contributed by atoms with van der Waals surface area (Å²) in [7, 11) is 0. The molecule has 146 valence electrons. The highest BCUT2D eigenvalue weighted by molar-refractivity contribution is 5.96. The molecular formula is C23H28N4O. The quantitative estimate of drug-likeness (QED) is 0.707. The summed E-state index contributed by atoms with van der Waals surface area (Å²) in [5.74, 6) is -0.116. The van der Waals surface area contributed by atoms with Gasteiger partial charge in [-0.15, -0.1) is 0 Å². The van der Waals surface area contributed by atoms with E-state index in [0.29, 0.717) is 5.56 Å². The van der Waals surface area contributed by atoms with E-state index in [0.717, 1.165) is 22.6 Å². The third kappa shape index (κ3) is 4.47. The van der Waals surface area contributed by atoms with E-state index in [4.69, 9.17) is 4.98 Å². The molecule has 3 rings (SSSR count). The largest absolute Gasteiger partial charge is 0.347 e. The minimum Gasteiger partial charge on any atom is -0.347 e. The topological polar surface area (TPSA) is 59.8 Å². The van der Waals surface area contributed by atoms with E-state index in [2.05, 4.69) is 31.2 Å². The molecule has 1 aromatic carbocycles. The van der Waals surface area contributed by atoms with Crippen molar-refractivity contribution in [2.24, 2.45) is 0 Å². The lowest BCUT2D eigenvalue weighted by Crippen LogP contribution is -2.40. The van der Waals surface area contributed by atoms with Gasteiger partial charge in [-0.3, -0.25) is 9.48 Å². The Morgan fingerprint density at radius 2 is 1.57 bits per heavy atom. The maximum atomic E-state index is 12.9. The molecule has 0 saturated heterocycles. The molecule has 28 heavy (non-hydrogen) atoms. The Morgan fingerprint density at radius 3 is 2.18 bits per heavy atom.